The summed E-state index contributed by atoms with van der Waals surface area (Å²) in [5.41, 5.74) is 9.40. The largest absolute Gasteiger partial charge is 0.506 e. The number of esters is 1. The average Bonchev–Trinajstić information content (AvgIpc) is 2.72. The summed E-state index contributed by atoms with van der Waals surface area (Å²) in [6.45, 7) is 6.41. The van der Waals surface area contributed by atoms with Gasteiger partial charge in [-0.15, -0.1) is 0 Å². The van der Waals surface area contributed by atoms with Gasteiger partial charge in [0.05, 0.1) is 7.11 Å². The fraction of sp³-hybridized carbons (Fsp3) is 0.192. The number of methoxy groups -OCH3 is 1. The second kappa shape index (κ2) is 7.06. The van der Waals surface area contributed by atoms with E-state index in [9.17, 15) is 9.90 Å². The van der Waals surface area contributed by atoms with E-state index >= 15 is 0 Å². The van der Waals surface area contributed by atoms with Crippen LogP contribution < -0.4 is 5.73 Å². The predicted octanol–water partition coefficient (Wildman–Crippen LogP) is 6.03. The first-order chi connectivity index (χ1) is 14.2. The van der Waals surface area contributed by atoms with E-state index in [2.05, 4.69) is 32.9 Å². The van der Waals surface area contributed by atoms with E-state index in [1.165, 1.54) is 7.11 Å². The molecule has 0 bridgehead atoms. The summed E-state index contributed by atoms with van der Waals surface area (Å²) in [5, 5.41) is 14.8. The molecule has 0 aliphatic carbocycles. The van der Waals surface area contributed by atoms with Gasteiger partial charge in [-0.1, -0.05) is 69.3 Å². The molecule has 0 aliphatic rings. The van der Waals surface area contributed by atoms with Crippen LogP contribution in [0.3, 0.4) is 0 Å². The fourth-order valence-corrected chi connectivity index (χ4v) is 3.95. The van der Waals surface area contributed by atoms with Gasteiger partial charge in [0, 0.05) is 16.8 Å². The summed E-state index contributed by atoms with van der Waals surface area (Å²) in [6.07, 6.45) is 0. The number of benzene rings is 4. The van der Waals surface area contributed by atoms with Gasteiger partial charge >= 0.3 is 5.97 Å². The summed E-state index contributed by atoms with van der Waals surface area (Å²) in [5.74, 6) is -0.712. The maximum Gasteiger partial charge on any atom is 0.341 e. The quantitative estimate of drug-likeness (QED) is 0.319. The molecule has 0 atom stereocenters. The van der Waals surface area contributed by atoms with Crippen LogP contribution in [0, 0.1) is 0 Å². The summed E-state index contributed by atoms with van der Waals surface area (Å²) in [7, 11) is 1.31. The molecular formula is C26H25NO3. The van der Waals surface area contributed by atoms with Crippen LogP contribution in [0.5, 0.6) is 5.75 Å². The van der Waals surface area contributed by atoms with Gasteiger partial charge in [-0.2, -0.15) is 0 Å². The highest BCUT2D eigenvalue weighted by Gasteiger charge is 2.23. The molecule has 4 heteroatoms. The van der Waals surface area contributed by atoms with Gasteiger partial charge < -0.3 is 15.6 Å². The number of nitrogen functional groups attached to an aromatic ring is 1. The fourth-order valence-electron chi connectivity index (χ4n) is 3.95. The van der Waals surface area contributed by atoms with E-state index in [0.717, 1.165) is 27.1 Å². The topological polar surface area (TPSA) is 72.5 Å². The number of hydrogen-bond donors (Lipinski definition) is 2. The lowest BCUT2D eigenvalue weighted by Gasteiger charge is -2.21. The second-order valence-electron chi connectivity index (χ2n) is 8.58. The number of carbonyl (C=O) groups excluding carboxylic acids is 1. The van der Waals surface area contributed by atoms with Gasteiger partial charge in [0.15, 0.2) is 0 Å². The highest BCUT2D eigenvalue weighted by molar-refractivity contribution is 6.14. The monoisotopic (exact) mass is 399 g/mol. The second-order valence-corrected chi connectivity index (χ2v) is 8.58. The molecule has 0 heterocycles. The smallest absolute Gasteiger partial charge is 0.341 e. The zero-order chi connectivity index (χ0) is 21.6. The number of carbonyl (C=O) groups is 1. The van der Waals surface area contributed by atoms with Gasteiger partial charge in [-0.05, 0) is 44.7 Å². The first kappa shape index (κ1) is 19.8. The van der Waals surface area contributed by atoms with Crippen molar-refractivity contribution >= 4 is 33.2 Å². The molecule has 0 saturated carbocycles. The molecule has 3 N–H and O–H groups in total. The third-order valence-corrected chi connectivity index (χ3v) is 5.60. The Morgan fingerprint density at radius 3 is 2.30 bits per heavy atom. The maximum atomic E-state index is 12.5. The van der Waals surface area contributed by atoms with Gasteiger partial charge in [-0.25, -0.2) is 4.79 Å². The number of ether oxygens (including phenoxy) is 1. The predicted molar refractivity (Wildman–Crippen MR) is 123 cm³/mol. The number of hydrogen-bond acceptors (Lipinski definition) is 4. The Morgan fingerprint density at radius 2 is 1.60 bits per heavy atom. The normalized spacial score (nSPS) is 11.7. The molecule has 4 nitrogen and oxygen atoms in total. The van der Waals surface area contributed by atoms with Crippen molar-refractivity contribution in [3.8, 4) is 16.9 Å². The molecule has 0 aromatic heterocycles. The lowest BCUT2D eigenvalue weighted by atomic mass is 9.83. The van der Waals surface area contributed by atoms with Crippen LogP contribution in [0.2, 0.25) is 0 Å². The Labute approximate surface area is 175 Å². The van der Waals surface area contributed by atoms with Crippen molar-refractivity contribution in [1.82, 2.24) is 0 Å². The minimum atomic E-state index is -0.587. The molecular weight excluding hydrogens is 374 g/mol. The highest BCUT2D eigenvalue weighted by Crippen LogP contribution is 2.45. The van der Waals surface area contributed by atoms with Crippen LogP contribution in [0.25, 0.3) is 32.7 Å². The molecule has 0 saturated heterocycles. The lowest BCUT2D eigenvalue weighted by molar-refractivity contribution is 0.0597. The van der Waals surface area contributed by atoms with Crippen LogP contribution in [-0.4, -0.2) is 18.2 Å². The average molecular weight is 399 g/mol. The lowest BCUT2D eigenvalue weighted by Crippen LogP contribution is -2.11. The number of phenols is 1. The van der Waals surface area contributed by atoms with E-state index in [4.69, 9.17) is 10.5 Å². The molecule has 0 amide bonds. The minimum Gasteiger partial charge on any atom is -0.506 e. The molecule has 0 radical (unpaired) electrons. The molecule has 4 aromatic rings. The van der Waals surface area contributed by atoms with Gasteiger partial charge in [0.2, 0.25) is 0 Å². The van der Waals surface area contributed by atoms with E-state index in [-0.39, 0.29) is 16.7 Å². The summed E-state index contributed by atoms with van der Waals surface area (Å²) in [4.78, 5) is 12.5. The Bertz CT molecular complexity index is 1300. The first-order valence-electron chi connectivity index (χ1n) is 9.88. The van der Waals surface area contributed by atoms with E-state index < -0.39 is 5.97 Å². The molecule has 0 spiro atoms. The number of aromatic hydroxyl groups is 1. The number of rotatable bonds is 2. The number of anilines is 1. The summed E-state index contributed by atoms with van der Waals surface area (Å²) in [6, 6.07) is 19.5. The van der Waals surface area contributed by atoms with Crippen LogP contribution in [-0.2, 0) is 10.2 Å². The van der Waals surface area contributed by atoms with Gasteiger partial charge in [0.1, 0.15) is 11.3 Å². The Balaban J connectivity index is 2.18. The first-order valence-corrected chi connectivity index (χ1v) is 9.88. The summed E-state index contributed by atoms with van der Waals surface area (Å²) >= 11 is 0. The van der Waals surface area contributed by atoms with E-state index in [1.807, 2.05) is 42.5 Å². The third kappa shape index (κ3) is 3.14. The van der Waals surface area contributed by atoms with Crippen molar-refractivity contribution in [2.24, 2.45) is 0 Å². The van der Waals surface area contributed by atoms with Crippen molar-refractivity contribution in [1.29, 1.82) is 0 Å². The van der Waals surface area contributed by atoms with Crippen molar-refractivity contribution in [2.75, 3.05) is 12.8 Å². The van der Waals surface area contributed by atoms with Crippen LogP contribution in [0.1, 0.15) is 36.7 Å². The third-order valence-electron chi connectivity index (χ3n) is 5.60. The highest BCUT2D eigenvalue weighted by atomic mass is 16.5. The van der Waals surface area contributed by atoms with Crippen LogP contribution >= 0.6 is 0 Å². The number of phenolic OH excluding ortho intramolecular Hbond substituents is 1. The van der Waals surface area contributed by atoms with Gasteiger partial charge in [0.25, 0.3) is 0 Å². The molecule has 152 valence electrons. The Morgan fingerprint density at radius 1 is 0.900 bits per heavy atom. The molecule has 0 aliphatic heterocycles. The molecule has 4 aromatic carbocycles. The SMILES string of the molecule is COC(=O)c1cc2cc(C(C)(C)C)ccc2c(-c2c(N)ccc3ccccc23)c1O. The summed E-state index contributed by atoms with van der Waals surface area (Å²) < 4.78 is 4.94. The molecule has 0 fully saturated rings. The zero-order valence-corrected chi connectivity index (χ0v) is 17.6. The van der Waals surface area contributed by atoms with Crippen molar-refractivity contribution < 1.29 is 14.6 Å². The van der Waals surface area contributed by atoms with E-state index in [1.54, 1.807) is 6.07 Å². The number of fused-ring (bicyclic) bond motifs is 2. The minimum absolute atomic E-state index is 0.0594. The Kier molecular flexibility index (Phi) is 4.65. The zero-order valence-electron chi connectivity index (χ0n) is 17.6. The molecule has 0 unspecified atom stereocenters. The van der Waals surface area contributed by atoms with Gasteiger partial charge in [-0.3, -0.25) is 0 Å². The van der Waals surface area contributed by atoms with Crippen molar-refractivity contribution in [3.05, 3.63) is 71.8 Å². The van der Waals surface area contributed by atoms with Crippen LogP contribution in [0.15, 0.2) is 60.7 Å². The Hall–Kier alpha value is -3.53. The van der Waals surface area contributed by atoms with E-state index in [0.29, 0.717) is 16.8 Å². The van der Waals surface area contributed by atoms with Crippen molar-refractivity contribution in [3.63, 3.8) is 0 Å². The standard InChI is InChI=1S/C26H25NO3/c1-26(2,3)17-10-11-19-16(13-17)14-20(25(29)30-4)24(28)23(19)22-18-8-6-5-7-15(18)9-12-21(22)27/h5-14,28H,27H2,1-4H3. The van der Waals surface area contributed by atoms with Crippen LogP contribution in [0.4, 0.5) is 5.69 Å². The molecule has 30 heavy (non-hydrogen) atoms. The van der Waals surface area contributed by atoms with Crippen molar-refractivity contribution in [2.45, 2.75) is 26.2 Å². The maximum absolute atomic E-state index is 12.5. The molecule has 4 rings (SSSR count). The number of nitrogens with two attached hydrogens (primary N) is 1.